The van der Waals surface area contributed by atoms with E-state index in [-0.39, 0.29) is 0 Å². The third-order valence-corrected chi connectivity index (χ3v) is 5.37. The van der Waals surface area contributed by atoms with Gasteiger partial charge in [0.15, 0.2) is 0 Å². The Kier molecular flexibility index (Phi) is 5.20. The van der Waals surface area contributed by atoms with Crippen molar-refractivity contribution in [2.45, 2.75) is 33.2 Å². The molecule has 0 bridgehead atoms. The largest absolute Gasteiger partial charge is 0.310 e. The Bertz CT molecular complexity index is 527. The lowest BCUT2D eigenvalue weighted by Crippen LogP contribution is -2.24. The molecular weight excluding hydrogens is 318 g/mol. The van der Waals surface area contributed by atoms with E-state index >= 15 is 0 Å². The minimum Gasteiger partial charge on any atom is -0.310 e. The van der Waals surface area contributed by atoms with Crippen molar-refractivity contribution in [2.75, 3.05) is 6.54 Å². The first kappa shape index (κ1) is 14.8. The zero-order valence-corrected chi connectivity index (χ0v) is 14.1. The van der Waals surface area contributed by atoms with Gasteiger partial charge in [-0.25, -0.2) is 0 Å². The normalized spacial score (nSPS) is 12.6. The summed E-state index contributed by atoms with van der Waals surface area (Å²) >= 11 is 5.46. The van der Waals surface area contributed by atoms with Crippen molar-refractivity contribution >= 4 is 27.3 Å². The van der Waals surface area contributed by atoms with Gasteiger partial charge in [-0.3, -0.25) is 0 Å². The molecule has 1 atom stereocenters. The summed E-state index contributed by atoms with van der Waals surface area (Å²) in [6.45, 7) is 7.57. The Hall–Kier alpha value is -0.640. The second kappa shape index (κ2) is 6.69. The molecule has 2 rings (SSSR count). The van der Waals surface area contributed by atoms with Gasteiger partial charge in [0.05, 0.1) is 0 Å². The van der Waals surface area contributed by atoms with Crippen molar-refractivity contribution in [3.8, 4) is 0 Å². The van der Waals surface area contributed by atoms with Crippen LogP contribution in [0.1, 0.15) is 34.5 Å². The molecule has 0 radical (unpaired) electrons. The van der Waals surface area contributed by atoms with Crippen LogP contribution in [0.2, 0.25) is 0 Å². The van der Waals surface area contributed by atoms with Crippen LogP contribution in [-0.2, 0) is 6.42 Å². The summed E-state index contributed by atoms with van der Waals surface area (Å²) in [6, 6.07) is 9.07. The quantitative estimate of drug-likeness (QED) is 0.807. The third kappa shape index (κ3) is 3.47. The van der Waals surface area contributed by atoms with Crippen LogP contribution in [0.15, 0.2) is 34.1 Å². The maximum Gasteiger partial charge on any atom is 0.0374 e. The number of rotatable bonds is 5. The highest BCUT2D eigenvalue weighted by molar-refractivity contribution is 9.10. The highest BCUT2D eigenvalue weighted by atomic mass is 79.9. The van der Waals surface area contributed by atoms with Crippen molar-refractivity contribution in [2.24, 2.45) is 0 Å². The Labute approximate surface area is 128 Å². The second-order valence-electron chi connectivity index (χ2n) is 4.81. The van der Waals surface area contributed by atoms with Gasteiger partial charge < -0.3 is 5.32 Å². The molecule has 1 unspecified atom stereocenters. The molecule has 1 aromatic carbocycles. The number of halogens is 1. The van der Waals surface area contributed by atoms with E-state index in [0.29, 0.717) is 6.04 Å². The van der Waals surface area contributed by atoms with E-state index in [2.05, 4.69) is 71.7 Å². The summed E-state index contributed by atoms with van der Waals surface area (Å²) in [5, 5.41) is 5.78. The molecule has 0 fully saturated rings. The Balaban J connectivity index is 2.32. The standard InChI is InChI=1S/C16H20BrNS/c1-4-18-14(10-15-13(17)8-9-19-15)16-11(2)6-5-7-12(16)3/h5-9,14,18H,4,10H2,1-3H3. The zero-order valence-electron chi connectivity index (χ0n) is 11.7. The van der Waals surface area contributed by atoms with E-state index in [4.69, 9.17) is 0 Å². The van der Waals surface area contributed by atoms with E-state index in [1.807, 2.05) is 11.3 Å². The summed E-state index contributed by atoms with van der Waals surface area (Å²) in [4.78, 5) is 1.41. The lowest BCUT2D eigenvalue weighted by atomic mass is 9.93. The number of aryl methyl sites for hydroxylation is 2. The molecule has 0 aliphatic rings. The van der Waals surface area contributed by atoms with Gasteiger partial charge in [-0.05, 0) is 64.5 Å². The van der Waals surface area contributed by atoms with Gasteiger partial charge in [-0.1, -0.05) is 25.1 Å². The molecule has 19 heavy (non-hydrogen) atoms. The fraction of sp³-hybridized carbons (Fsp3) is 0.375. The molecule has 102 valence electrons. The van der Waals surface area contributed by atoms with Crippen LogP contribution in [0.4, 0.5) is 0 Å². The monoisotopic (exact) mass is 337 g/mol. The van der Waals surface area contributed by atoms with Gasteiger partial charge >= 0.3 is 0 Å². The van der Waals surface area contributed by atoms with Gasteiger partial charge in [-0.15, -0.1) is 11.3 Å². The predicted octanol–water partition coefficient (Wildman–Crippen LogP) is 5.02. The van der Waals surface area contributed by atoms with E-state index < -0.39 is 0 Å². The molecule has 0 aliphatic heterocycles. The predicted molar refractivity (Wildman–Crippen MR) is 88.1 cm³/mol. The van der Waals surface area contributed by atoms with Gasteiger partial charge in [0.25, 0.3) is 0 Å². The fourth-order valence-corrected chi connectivity index (χ4v) is 4.12. The Morgan fingerprint density at radius 2 is 1.89 bits per heavy atom. The van der Waals surface area contributed by atoms with E-state index in [0.717, 1.165) is 13.0 Å². The van der Waals surface area contributed by atoms with Crippen LogP contribution in [-0.4, -0.2) is 6.54 Å². The second-order valence-corrected chi connectivity index (χ2v) is 6.67. The first-order chi connectivity index (χ1) is 9.13. The molecule has 0 saturated carbocycles. The van der Waals surface area contributed by atoms with Gasteiger partial charge in [-0.2, -0.15) is 0 Å². The molecule has 3 heteroatoms. The minimum absolute atomic E-state index is 0.390. The minimum atomic E-state index is 0.390. The van der Waals surface area contributed by atoms with Crippen molar-refractivity contribution < 1.29 is 0 Å². The highest BCUT2D eigenvalue weighted by Crippen LogP contribution is 2.30. The first-order valence-electron chi connectivity index (χ1n) is 6.64. The smallest absolute Gasteiger partial charge is 0.0374 e. The molecule has 1 nitrogen and oxygen atoms in total. The van der Waals surface area contributed by atoms with Crippen LogP contribution in [0.3, 0.4) is 0 Å². The molecule has 0 saturated heterocycles. The summed E-state index contributed by atoms with van der Waals surface area (Å²) in [5.41, 5.74) is 4.20. The van der Waals surface area contributed by atoms with Gasteiger partial charge in [0.1, 0.15) is 0 Å². The van der Waals surface area contributed by atoms with Crippen molar-refractivity contribution in [1.82, 2.24) is 5.32 Å². The number of benzene rings is 1. The van der Waals surface area contributed by atoms with Crippen molar-refractivity contribution in [3.63, 3.8) is 0 Å². The molecule has 0 spiro atoms. The SMILES string of the molecule is CCNC(Cc1sccc1Br)c1c(C)cccc1C. The number of thiophene rings is 1. The number of likely N-dealkylation sites (N-methyl/N-ethyl adjacent to an activating group) is 1. The fourth-order valence-electron chi connectivity index (χ4n) is 2.56. The molecule has 1 N–H and O–H groups in total. The molecule has 0 aliphatic carbocycles. The first-order valence-corrected chi connectivity index (χ1v) is 8.32. The average molecular weight is 338 g/mol. The van der Waals surface area contributed by atoms with Crippen molar-refractivity contribution in [3.05, 3.63) is 55.7 Å². The maximum absolute atomic E-state index is 3.64. The summed E-state index contributed by atoms with van der Waals surface area (Å²) in [7, 11) is 0. The van der Waals surface area contributed by atoms with E-state index in [1.165, 1.54) is 26.0 Å². The van der Waals surface area contributed by atoms with Crippen LogP contribution >= 0.6 is 27.3 Å². The molecule has 1 aromatic heterocycles. The van der Waals surface area contributed by atoms with Crippen LogP contribution < -0.4 is 5.32 Å². The molecule has 0 amide bonds. The van der Waals surface area contributed by atoms with Crippen LogP contribution in [0.25, 0.3) is 0 Å². The highest BCUT2D eigenvalue weighted by Gasteiger charge is 2.17. The Morgan fingerprint density at radius 3 is 2.42 bits per heavy atom. The van der Waals surface area contributed by atoms with Crippen LogP contribution in [0, 0.1) is 13.8 Å². The summed E-state index contributed by atoms with van der Waals surface area (Å²) < 4.78 is 1.23. The maximum atomic E-state index is 3.64. The van der Waals surface area contributed by atoms with Crippen LogP contribution in [0.5, 0.6) is 0 Å². The van der Waals surface area contributed by atoms with E-state index in [9.17, 15) is 0 Å². The molecule has 1 heterocycles. The lowest BCUT2D eigenvalue weighted by Gasteiger charge is -2.22. The third-order valence-electron chi connectivity index (χ3n) is 3.42. The number of hydrogen-bond acceptors (Lipinski definition) is 2. The van der Waals surface area contributed by atoms with Gasteiger partial charge in [0, 0.05) is 21.8 Å². The van der Waals surface area contributed by atoms with E-state index in [1.54, 1.807) is 0 Å². The number of hydrogen-bond donors (Lipinski definition) is 1. The number of nitrogens with one attached hydrogen (secondary N) is 1. The van der Waals surface area contributed by atoms with Crippen molar-refractivity contribution in [1.29, 1.82) is 0 Å². The average Bonchev–Trinajstić information content (AvgIpc) is 2.75. The zero-order chi connectivity index (χ0) is 13.8. The molecular formula is C16H20BrNS. The summed E-state index contributed by atoms with van der Waals surface area (Å²) in [6.07, 6.45) is 1.04. The topological polar surface area (TPSA) is 12.0 Å². The molecule has 2 aromatic rings. The lowest BCUT2D eigenvalue weighted by molar-refractivity contribution is 0.547. The Morgan fingerprint density at radius 1 is 1.21 bits per heavy atom. The summed E-state index contributed by atoms with van der Waals surface area (Å²) in [5.74, 6) is 0. The van der Waals surface area contributed by atoms with Gasteiger partial charge in [0.2, 0.25) is 0 Å².